The molecule has 134 valence electrons. The Kier molecular flexibility index (Phi) is 7.97. The molecule has 0 saturated carbocycles. The van der Waals surface area contributed by atoms with Gasteiger partial charge in [-0.25, -0.2) is 4.99 Å². The lowest BCUT2D eigenvalue weighted by atomic mass is 10.1. The first-order chi connectivity index (χ1) is 11.8. The molecule has 0 bridgehead atoms. The molecule has 0 atom stereocenters. The first-order valence-corrected chi connectivity index (χ1v) is 8.59. The summed E-state index contributed by atoms with van der Waals surface area (Å²) in [5.41, 5.74) is 2.48. The number of nitrogens with one attached hydrogen (secondary N) is 2. The van der Waals surface area contributed by atoms with E-state index in [1.165, 1.54) is 11.1 Å². The molecule has 1 heterocycles. The third kappa shape index (κ3) is 5.88. The number of halogens is 1. The van der Waals surface area contributed by atoms with E-state index in [1.807, 2.05) is 23.1 Å². The van der Waals surface area contributed by atoms with Crippen LogP contribution in [-0.4, -0.2) is 28.3 Å². The van der Waals surface area contributed by atoms with Crippen molar-refractivity contribution in [2.24, 2.45) is 4.99 Å². The van der Waals surface area contributed by atoms with Crippen LogP contribution in [-0.2, 0) is 13.1 Å². The maximum atomic E-state index is 4.77. The van der Waals surface area contributed by atoms with Crippen LogP contribution in [0.5, 0.6) is 0 Å². The molecule has 0 saturated heterocycles. The topological polar surface area (TPSA) is 54.2 Å². The Bertz CT molecular complexity index is 686. The summed E-state index contributed by atoms with van der Waals surface area (Å²) in [6, 6.07) is 10.8. The molecule has 0 unspecified atom stereocenters. The van der Waals surface area contributed by atoms with Crippen LogP contribution in [0.4, 0.5) is 0 Å². The Labute approximate surface area is 166 Å². The molecular formula is C19H26IN5. The number of hydrogen-bond acceptors (Lipinski definition) is 2. The molecule has 0 aliphatic heterocycles. The summed E-state index contributed by atoms with van der Waals surface area (Å²) in [5, 5.41) is 11.1. The number of rotatable bonds is 6. The Morgan fingerprint density at radius 2 is 1.96 bits per heavy atom. The minimum absolute atomic E-state index is 0. The van der Waals surface area contributed by atoms with Crippen LogP contribution in [0.25, 0.3) is 0 Å². The van der Waals surface area contributed by atoms with Gasteiger partial charge < -0.3 is 10.6 Å². The average Bonchev–Trinajstić information content (AvgIpc) is 3.28. The van der Waals surface area contributed by atoms with Crippen molar-refractivity contribution in [1.82, 2.24) is 20.4 Å². The minimum atomic E-state index is 0. The van der Waals surface area contributed by atoms with Gasteiger partial charge in [0.1, 0.15) is 0 Å². The zero-order chi connectivity index (χ0) is 16.6. The molecule has 0 fully saturated rings. The van der Waals surface area contributed by atoms with Crippen molar-refractivity contribution in [2.75, 3.05) is 6.54 Å². The van der Waals surface area contributed by atoms with Gasteiger partial charge in [-0.1, -0.05) is 36.4 Å². The van der Waals surface area contributed by atoms with Crippen LogP contribution in [0.3, 0.4) is 0 Å². The normalized spacial score (nSPS) is 14.4. The fourth-order valence-corrected chi connectivity index (χ4v) is 2.85. The lowest BCUT2D eigenvalue weighted by molar-refractivity contribution is 0.633. The van der Waals surface area contributed by atoms with Crippen molar-refractivity contribution < 1.29 is 0 Å². The summed E-state index contributed by atoms with van der Waals surface area (Å²) in [6.45, 7) is 4.39. The van der Waals surface area contributed by atoms with Gasteiger partial charge in [0.25, 0.3) is 0 Å². The molecule has 2 aromatic rings. The minimum Gasteiger partial charge on any atom is -0.357 e. The van der Waals surface area contributed by atoms with Crippen LogP contribution in [0.2, 0.25) is 0 Å². The average molecular weight is 451 g/mol. The molecule has 1 aromatic carbocycles. The van der Waals surface area contributed by atoms with Crippen LogP contribution in [0, 0.1) is 0 Å². The maximum Gasteiger partial charge on any atom is 0.191 e. The Balaban J connectivity index is 0.00000225. The van der Waals surface area contributed by atoms with Crippen LogP contribution >= 0.6 is 24.0 Å². The summed E-state index contributed by atoms with van der Waals surface area (Å²) in [6.07, 6.45) is 10.4. The summed E-state index contributed by atoms with van der Waals surface area (Å²) >= 11 is 0. The SMILES string of the molecule is CCNC(=NCc1ccccc1Cn1cccn1)NC1CC=CC1.I. The van der Waals surface area contributed by atoms with E-state index in [0.717, 1.165) is 31.9 Å². The molecule has 1 aliphatic rings. The third-order valence-electron chi connectivity index (χ3n) is 4.11. The quantitative estimate of drug-likeness (QED) is 0.307. The number of benzene rings is 1. The molecule has 25 heavy (non-hydrogen) atoms. The van der Waals surface area contributed by atoms with E-state index in [-0.39, 0.29) is 24.0 Å². The second-order valence-electron chi connectivity index (χ2n) is 5.95. The second-order valence-corrected chi connectivity index (χ2v) is 5.95. The van der Waals surface area contributed by atoms with Crippen LogP contribution in [0.1, 0.15) is 30.9 Å². The Morgan fingerprint density at radius 3 is 2.64 bits per heavy atom. The lowest BCUT2D eigenvalue weighted by Gasteiger charge is -2.17. The zero-order valence-corrected chi connectivity index (χ0v) is 16.9. The molecule has 0 radical (unpaired) electrons. The summed E-state index contributed by atoms with van der Waals surface area (Å²) in [4.78, 5) is 4.77. The lowest BCUT2D eigenvalue weighted by Crippen LogP contribution is -2.42. The van der Waals surface area contributed by atoms with E-state index in [0.29, 0.717) is 12.6 Å². The number of aliphatic imine (C=N–C) groups is 1. The standard InChI is InChI=1S/C19H25N5.HI/c1-2-20-19(23-18-10-5-6-11-18)21-14-16-8-3-4-9-17(16)15-24-13-7-12-22-24;/h3-9,12-13,18H,2,10-11,14-15H2,1H3,(H2,20,21,23);1H. The molecule has 0 spiro atoms. The highest BCUT2D eigenvalue weighted by Gasteiger charge is 2.11. The maximum absolute atomic E-state index is 4.77. The summed E-state index contributed by atoms with van der Waals surface area (Å²) in [5.74, 6) is 0.889. The monoisotopic (exact) mass is 451 g/mol. The van der Waals surface area contributed by atoms with E-state index in [2.05, 4.69) is 59.1 Å². The second kappa shape index (κ2) is 10.2. The first-order valence-electron chi connectivity index (χ1n) is 8.59. The Morgan fingerprint density at radius 1 is 1.20 bits per heavy atom. The Hall–Kier alpha value is -1.83. The van der Waals surface area contributed by atoms with Crippen molar-refractivity contribution in [3.8, 4) is 0 Å². The molecule has 1 aromatic heterocycles. The molecule has 3 rings (SSSR count). The van der Waals surface area contributed by atoms with Gasteiger partial charge in [-0.2, -0.15) is 5.10 Å². The number of hydrogen-bond donors (Lipinski definition) is 2. The van der Waals surface area contributed by atoms with E-state index in [1.54, 1.807) is 0 Å². The van der Waals surface area contributed by atoms with E-state index in [4.69, 9.17) is 4.99 Å². The van der Waals surface area contributed by atoms with E-state index >= 15 is 0 Å². The van der Waals surface area contributed by atoms with Crippen molar-refractivity contribution >= 4 is 29.9 Å². The highest BCUT2D eigenvalue weighted by Crippen LogP contribution is 2.12. The summed E-state index contributed by atoms with van der Waals surface area (Å²) in [7, 11) is 0. The fraction of sp³-hybridized carbons (Fsp3) is 0.368. The van der Waals surface area contributed by atoms with Crippen molar-refractivity contribution in [2.45, 2.75) is 38.9 Å². The molecule has 1 aliphatic carbocycles. The van der Waals surface area contributed by atoms with Crippen molar-refractivity contribution in [1.29, 1.82) is 0 Å². The molecule has 5 nitrogen and oxygen atoms in total. The predicted octanol–water partition coefficient (Wildman–Crippen LogP) is 3.32. The van der Waals surface area contributed by atoms with Crippen molar-refractivity contribution in [3.63, 3.8) is 0 Å². The van der Waals surface area contributed by atoms with Crippen molar-refractivity contribution in [3.05, 3.63) is 66.0 Å². The van der Waals surface area contributed by atoms with Gasteiger partial charge in [0, 0.05) is 25.0 Å². The largest absolute Gasteiger partial charge is 0.357 e. The number of guanidine groups is 1. The summed E-state index contributed by atoms with van der Waals surface area (Å²) < 4.78 is 1.94. The molecule has 2 N–H and O–H groups in total. The van der Waals surface area contributed by atoms with Crippen LogP contribution < -0.4 is 10.6 Å². The highest BCUT2D eigenvalue weighted by atomic mass is 127. The van der Waals surface area contributed by atoms with Gasteiger partial charge in [0.15, 0.2) is 5.96 Å². The predicted molar refractivity (Wildman–Crippen MR) is 113 cm³/mol. The van der Waals surface area contributed by atoms with Gasteiger partial charge in [-0.05, 0) is 37.0 Å². The van der Waals surface area contributed by atoms with Gasteiger partial charge >= 0.3 is 0 Å². The molecule has 6 heteroatoms. The first kappa shape index (κ1) is 19.5. The third-order valence-corrected chi connectivity index (χ3v) is 4.11. The zero-order valence-electron chi connectivity index (χ0n) is 14.6. The van der Waals surface area contributed by atoms with Gasteiger partial charge in [0.05, 0.1) is 13.1 Å². The smallest absolute Gasteiger partial charge is 0.191 e. The fourth-order valence-electron chi connectivity index (χ4n) is 2.85. The van der Waals surface area contributed by atoms with Gasteiger partial charge in [0.2, 0.25) is 0 Å². The van der Waals surface area contributed by atoms with Gasteiger partial charge in [-0.3, -0.25) is 4.68 Å². The van der Waals surface area contributed by atoms with Crippen LogP contribution in [0.15, 0.2) is 59.9 Å². The van der Waals surface area contributed by atoms with E-state index in [9.17, 15) is 0 Å². The number of nitrogens with zero attached hydrogens (tertiary/aromatic N) is 3. The van der Waals surface area contributed by atoms with E-state index < -0.39 is 0 Å². The number of aromatic nitrogens is 2. The van der Waals surface area contributed by atoms with Gasteiger partial charge in [-0.15, -0.1) is 24.0 Å². The highest BCUT2D eigenvalue weighted by molar-refractivity contribution is 14.0. The molecular weight excluding hydrogens is 425 g/mol. The molecule has 0 amide bonds.